The van der Waals surface area contributed by atoms with Crippen LogP contribution in [0.5, 0.6) is 5.88 Å². The molecule has 5 rings (SSSR count). The largest absolute Gasteiger partial charge is 0.471 e. The fourth-order valence-electron chi connectivity index (χ4n) is 5.76. The van der Waals surface area contributed by atoms with Crippen LogP contribution in [0.15, 0.2) is 29.3 Å². The Morgan fingerprint density at radius 3 is 2.44 bits per heavy atom. The van der Waals surface area contributed by atoms with Crippen molar-refractivity contribution in [3.05, 3.63) is 35.5 Å². The van der Waals surface area contributed by atoms with Crippen LogP contribution in [0.3, 0.4) is 0 Å². The molecule has 2 saturated heterocycles. The van der Waals surface area contributed by atoms with E-state index >= 15 is 0 Å². The topological polar surface area (TPSA) is 120 Å². The van der Waals surface area contributed by atoms with Crippen LogP contribution in [0.1, 0.15) is 64.0 Å². The molecule has 1 N–H and O–H groups in total. The molecule has 1 atom stereocenters. The molecule has 1 aliphatic carbocycles. The highest BCUT2D eigenvalue weighted by atomic mass is 32.2. The number of aromatic nitrogens is 2. The van der Waals surface area contributed by atoms with Crippen molar-refractivity contribution in [1.29, 1.82) is 0 Å². The fraction of sp³-hybridized carbons (Fsp3) is 0.621. The van der Waals surface area contributed by atoms with Gasteiger partial charge in [0.05, 0.1) is 23.4 Å². The normalized spacial score (nSPS) is 21.0. The highest BCUT2D eigenvalue weighted by molar-refractivity contribution is 7.92. The molecule has 1 amide bonds. The van der Waals surface area contributed by atoms with E-state index in [9.17, 15) is 26.4 Å². The minimum Gasteiger partial charge on any atom is -0.471 e. The number of likely N-dealkylation sites (tertiary alicyclic amines) is 1. The molecule has 14 heteroatoms. The molecule has 1 saturated carbocycles. The third kappa shape index (κ3) is 7.00. The van der Waals surface area contributed by atoms with E-state index in [-0.39, 0.29) is 29.0 Å². The van der Waals surface area contributed by atoms with Crippen LogP contribution in [0.2, 0.25) is 0 Å². The van der Waals surface area contributed by atoms with E-state index in [1.807, 2.05) is 20.8 Å². The second kappa shape index (κ2) is 11.4. The average Bonchev–Trinajstić information content (AvgIpc) is 3.40. The number of alkyl halides is 3. The van der Waals surface area contributed by atoms with Crippen molar-refractivity contribution in [2.75, 3.05) is 31.6 Å². The van der Waals surface area contributed by atoms with E-state index in [1.165, 1.54) is 6.07 Å². The Kier molecular flexibility index (Phi) is 8.31. The second-order valence-electron chi connectivity index (χ2n) is 12.7. The van der Waals surface area contributed by atoms with Crippen molar-refractivity contribution >= 4 is 27.6 Å². The molecule has 1 aromatic heterocycles. The number of ether oxygens (including phenoxy) is 3. The molecule has 10 nitrogen and oxygen atoms in total. The van der Waals surface area contributed by atoms with E-state index in [0.717, 1.165) is 12.8 Å². The monoisotopic (exact) mass is 626 g/mol. The number of hydrogen-bond acceptors (Lipinski definition) is 9. The lowest BCUT2D eigenvalue weighted by atomic mass is 9.63. The number of anilines is 2. The molecule has 0 bridgehead atoms. The maximum atomic E-state index is 13.5. The Labute approximate surface area is 249 Å². The number of nitrogens with zero attached hydrogens (tertiary/aromatic N) is 3. The standard InChI is InChI=1S/C29H37F3N4O6S/c1-18-13-20(43(38,39)21-14-28(15-21)8-10-36(11-9-28)26(37)42-27(2,3)4)5-6-23(18)34-25-33-16-22(29(30,31)32)24(35-25)41-19-7-12-40-17-19/h5-6,13,16,19,21H,7-12,14-15,17H2,1-4H3,(H,33,34,35). The zero-order chi connectivity index (χ0) is 31.2. The Balaban J connectivity index is 1.23. The molecule has 2 aromatic rings. The number of amides is 1. The fourth-order valence-corrected chi connectivity index (χ4v) is 7.89. The summed E-state index contributed by atoms with van der Waals surface area (Å²) < 4.78 is 83.7. The van der Waals surface area contributed by atoms with Gasteiger partial charge >= 0.3 is 12.3 Å². The van der Waals surface area contributed by atoms with Crippen LogP contribution < -0.4 is 10.1 Å². The summed E-state index contributed by atoms with van der Waals surface area (Å²) in [6.07, 6.45) is -1.95. The number of sulfone groups is 1. The first-order valence-corrected chi connectivity index (χ1v) is 15.9. The minimum atomic E-state index is -4.70. The summed E-state index contributed by atoms with van der Waals surface area (Å²) in [7, 11) is -3.61. The van der Waals surface area contributed by atoms with Gasteiger partial charge in [0.2, 0.25) is 11.8 Å². The van der Waals surface area contributed by atoms with Crippen LogP contribution in [0.4, 0.5) is 29.6 Å². The Morgan fingerprint density at radius 2 is 1.86 bits per heavy atom. The van der Waals surface area contributed by atoms with Gasteiger partial charge in [0.15, 0.2) is 9.84 Å². The zero-order valence-corrected chi connectivity index (χ0v) is 25.5. The number of benzene rings is 1. The number of rotatable bonds is 6. The SMILES string of the molecule is Cc1cc(S(=O)(=O)C2CC3(CCN(C(=O)OC(C)(C)C)CC3)C2)ccc1Nc1ncc(C(F)(F)F)c(OC2CCOC2)n1. The first-order chi connectivity index (χ1) is 20.0. The first-order valence-electron chi connectivity index (χ1n) is 14.3. The van der Waals surface area contributed by atoms with E-state index < -0.39 is 44.4 Å². The van der Waals surface area contributed by atoms with Gasteiger partial charge in [0, 0.05) is 31.4 Å². The van der Waals surface area contributed by atoms with Crippen molar-refractivity contribution in [2.45, 2.75) is 87.8 Å². The van der Waals surface area contributed by atoms with E-state index in [0.29, 0.717) is 56.4 Å². The van der Waals surface area contributed by atoms with Crippen LogP contribution >= 0.6 is 0 Å². The van der Waals surface area contributed by atoms with Gasteiger partial charge in [-0.2, -0.15) is 18.2 Å². The van der Waals surface area contributed by atoms with Gasteiger partial charge in [0.1, 0.15) is 17.3 Å². The molecule has 236 valence electrons. The Bertz CT molecular complexity index is 1460. The Morgan fingerprint density at radius 1 is 1.16 bits per heavy atom. The van der Waals surface area contributed by atoms with E-state index in [4.69, 9.17) is 14.2 Å². The summed E-state index contributed by atoms with van der Waals surface area (Å²) in [5, 5.41) is 2.37. The smallest absolute Gasteiger partial charge is 0.423 e. The first kappa shape index (κ1) is 31.3. The molecule has 43 heavy (non-hydrogen) atoms. The van der Waals surface area contributed by atoms with Crippen molar-refractivity contribution in [2.24, 2.45) is 5.41 Å². The molecule has 0 radical (unpaired) electrons. The molecular weight excluding hydrogens is 589 g/mol. The number of carbonyl (C=O) groups is 1. The van der Waals surface area contributed by atoms with Gasteiger partial charge in [-0.1, -0.05) is 0 Å². The number of halogens is 3. The lowest BCUT2D eigenvalue weighted by molar-refractivity contribution is -0.139. The van der Waals surface area contributed by atoms with Crippen LogP contribution in [-0.2, 0) is 25.5 Å². The predicted octanol–water partition coefficient (Wildman–Crippen LogP) is 5.67. The van der Waals surface area contributed by atoms with Crippen molar-refractivity contribution in [3.8, 4) is 5.88 Å². The Hall–Kier alpha value is -3.13. The molecule has 3 heterocycles. The number of hydrogen-bond donors (Lipinski definition) is 1. The van der Waals surface area contributed by atoms with Crippen molar-refractivity contribution in [3.63, 3.8) is 0 Å². The summed E-state index contributed by atoms with van der Waals surface area (Å²) in [5.74, 6) is -0.701. The number of piperidine rings is 1. The summed E-state index contributed by atoms with van der Waals surface area (Å²) in [5.41, 5.74) is -0.740. The van der Waals surface area contributed by atoms with Gasteiger partial charge in [-0.25, -0.2) is 18.2 Å². The highest BCUT2D eigenvalue weighted by Crippen LogP contribution is 2.53. The maximum Gasteiger partial charge on any atom is 0.423 e. The van der Waals surface area contributed by atoms with Gasteiger partial charge in [-0.15, -0.1) is 0 Å². The molecule has 1 unspecified atom stereocenters. The van der Waals surface area contributed by atoms with E-state index in [1.54, 1.807) is 24.0 Å². The van der Waals surface area contributed by atoms with Crippen LogP contribution in [0, 0.1) is 12.3 Å². The van der Waals surface area contributed by atoms with E-state index in [2.05, 4.69) is 15.3 Å². The second-order valence-corrected chi connectivity index (χ2v) is 14.9. The quantitative estimate of drug-likeness (QED) is 0.433. The summed E-state index contributed by atoms with van der Waals surface area (Å²) >= 11 is 0. The number of nitrogens with one attached hydrogen (secondary N) is 1. The molecule has 3 fully saturated rings. The minimum absolute atomic E-state index is 0.100. The third-order valence-corrected chi connectivity index (χ3v) is 10.4. The van der Waals surface area contributed by atoms with Gasteiger partial charge in [0.25, 0.3) is 0 Å². The highest BCUT2D eigenvalue weighted by Gasteiger charge is 2.51. The zero-order valence-electron chi connectivity index (χ0n) is 24.7. The molecule has 1 spiro atoms. The summed E-state index contributed by atoms with van der Waals surface area (Å²) in [4.78, 5) is 22.0. The molecular formula is C29H37F3N4O6S. The summed E-state index contributed by atoms with van der Waals surface area (Å²) in [6, 6.07) is 4.59. The van der Waals surface area contributed by atoms with Crippen LogP contribution in [0.25, 0.3) is 0 Å². The van der Waals surface area contributed by atoms with Crippen LogP contribution in [-0.4, -0.2) is 72.6 Å². The van der Waals surface area contributed by atoms with Gasteiger partial charge in [-0.05, 0) is 82.6 Å². The lowest BCUT2D eigenvalue weighted by Crippen LogP contribution is -2.53. The molecule has 1 aromatic carbocycles. The maximum absolute atomic E-state index is 13.5. The van der Waals surface area contributed by atoms with Gasteiger partial charge in [-0.3, -0.25) is 0 Å². The number of aryl methyl sites for hydroxylation is 1. The average molecular weight is 627 g/mol. The van der Waals surface area contributed by atoms with Gasteiger partial charge < -0.3 is 24.4 Å². The number of carbonyl (C=O) groups excluding carboxylic acids is 1. The predicted molar refractivity (Wildman–Crippen MR) is 151 cm³/mol. The lowest BCUT2D eigenvalue weighted by Gasteiger charge is -2.51. The third-order valence-electron chi connectivity index (χ3n) is 8.23. The summed E-state index contributed by atoms with van der Waals surface area (Å²) in [6.45, 7) is 8.81. The van der Waals surface area contributed by atoms with Crippen molar-refractivity contribution in [1.82, 2.24) is 14.9 Å². The molecule has 2 aliphatic heterocycles. The van der Waals surface area contributed by atoms with Crippen molar-refractivity contribution < 1.29 is 40.6 Å². The molecule has 3 aliphatic rings.